The van der Waals surface area contributed by atoms with Crippen molar-refractivity contribution in [3.05, 3.63) is 33.1 Å². The normalized spacial score (nSPS) is 28.7. The molecule has 10 heteroatoms. The van der Waals surface area contributed by atoms with Gasteiger partial charge in [-0.15, -0.1) is 0 Å². The third kappa shape index (κ3) is 3.36. The van der Waals surface area contributed by atoms with E-state index in [1.807, 2.05) is 4.98 Å². The molecule has 2 rings (SSSR count). The van der Waals surface area contributed by atoms with Crippen LogP contribution in [0.15, 0.2) is 21.9 Å². The van der Waals surface area contributed by atoms with Crippen LogP contribution < -0.4 is 11.2 Å². The van der Waals surface area contributed by atoms with Crippen LogP contribution in [-0.4, -0.2) is 62.4 Å². The number of nitrogens with zero attached hydrogens (tertiary/aromatic N) is 1. The number of aliphatic hydroxyl groups excluding tert-OH is 2. The Morgan fingerprint density at radius 1 is 1.38 bits per heavy atom. The fraction of sp³-hybridized carbons (Fsp3) is 0.545. The minimum atomic E-state index is -1.42. The average molecular weight is 302 g/mol. The number of rotatable bonds is 5. The smallest absolute Gasteiger partial charge is 0.330 e. The van der Waals surface area contributed by atoms with E-state index in [0.717, 1.165) is 16.8 Å². The standard InChI is InChI=1S/C11H14N2O8/c14-6-1-2-13(11(19)12-6)10-9(18)8(17)5(21-10)3-20-4-7(15)16/h1-2,5,8-10,17-18H,3-4H2,(H,15,16)(H,12,14,19)/t5-,8-,9-,10-/m1/s1. The van der Waals surface area contributed by atoms with Gasteiger partial charge >= 0.3 is 11.7 Å². The molecule has 21 heavy (non-hydrogen) atoms. The van der Waals surface area contributed by atoms with E-state index in [1.165, 1.54) is 0 Å². The topological polar surface area (TPSA) is 151 Å². The first-order valence-electron chi connectivity index (χ1n) is 6.02. The summed E-state index contributed by atoms with van der Waals surface area (Å²) in [6, 6.07) is 1.07. The molecule has 0 bridgehead atoms. The number of aromatic amines is 1. The molecule has 1 aliphatic heterocycles. The second-order valence-electron chi connectivity index (χ2n) is 4.47. The van der Waals surface area contributed by atoms with E-state index in [1.54, 1.807) is 0 Å². The van der Waals surface area contributed by atoms with Crippen LogP contribution in [0.1, 0.15) is 6.23 Å². The van der Waals surface area contributed by atoms with Crippen LogP contribution in [-0.2, 0) is 14.3 Å². The molecular weight excluding hydrogens is 288 g/mol. The minimum Gasteiger partial charge on any atom is -0.480 e. The number of H-pyrrole nitrogens is 1. The zero-order valence-corrected chi connectivity index (χ0v) is 10.7. The lowest BCUT2D eigenvalue weighted by molar-refractivity contribution is -0.144. The highest BCUT2D eigenvalue weighted by molar-refractivity contribution is 5.67. The zero-order chi connectivity index (χ0) is 15.6. The van der Waals surface area contributed by atoms with Crippen LogP contribution in [0.5, 0.6) is 0 Å². The lowest BCUT2D eigenvalue weighted by Gasteiger charge is -2.16. The van der Waals surface area contributed by atoms with Crippen molar-refractivity contribution in [2.45, 2.75) is 24.5 Å². The van der Waals surface area contributed by atoms with Crippen molar-refractivity contribution in [2.24, 2.45) is 0 Å². The molecule has 0 unspecified atom stereocenters. The quantitative estimate of drug-likeness (QED) is 0.457. The average Bonchev–Trinajstić information content (AvgIpc) is 2.67. The van der Waals surface area contributed by atoms with Crippen LogP contribution in [0.4, 0.5) is 0 Å². The van der Waals surface area contributed by atoms with Gasteiger partial charge in [-0.2, -0.15) is 0 Å². The van der Waals surface area contributed by atoms with E-state index >= 15 is 0 Å². The molecule has 1 aromatic rings. The molecule has 0 saturated carbocycles. The van der Waals surface area contributed by atoms with E-state index in [9.17, 15) is 24.6 Å². The fourth-order valence-corrected chi connectivity index (χ4v) is 1.99. The summed E-state index contributed by atoms with van der Waals surface area (Å²) in [5.41, 5.74) is -1.41. The molecule has 116 valence electrons. The van der Waals surface area contributed by atoms with Crippen LogP contribution in [0.2, 0.25) is 0 Å². The zero-order valence-electron chi connectivity index (χ0n) is 10.7. The minimum absolute atomic E-state index is 0.265. The molecule has 1 fully saturated rings. The van der Waals surface area contributed by atoms with Crippen LogP contribution in [0, 0.1) is 0 Å². The Morgan fingerprint density at radius 3 is 2.71 bits per heavy atom. The van der Waals surface area contributed by atoms with Gasteiger partial charge in [-0.3, -0.25) is 14.3 Å². The number of carbonyl (C=O) groups is 1. The van der Waals surface area contributed by atoms with Crippen molar-refractivity contribution in [1.29, 1.82) is 0 Å². The van der Waals surface area contributed by atoms with Gasteiger partial charge in [-0.05, 0) is 0 Å². The van der Waals surface area contributed by atoms with Gasteiger partial charge in [0.1, 0.15) is 24.9 Å². The summed E-state index contributed by atoms with van der Waals surface area (Å²) in [6.07, 6.45) is -3.86. The largest absolute Gasteiger partial charge is 0.480 e. The highest BCUT2D eigenvalue weighted by Gasteiger charge is 2.44. The first-order valence-corrected chi connectivity index (χ1v) is 6.02. The van der Waals surface area contributed by atoms with Gasteiger partial charge < -0.3 is 24.8 Å². The molecule has 1 aliphatic rings. The Balaban J connectivity index is 2.10. The van der Waals surface area contributed by atoms with Crippen molar-refractivity contribution in [3.8, 4) is 0 Å². The van der Waals surface area contributed by atoms with E-state index in [-0.39, 0.29) is 6.61 Å². The molecule has 2 heterocycles. The Hall–Kier alpha value is -2.01. The summed E-state index contributed by atoms with van der Waals surface area (Å²) in [6.45, 7) is -0.842. The summed E-state index contributed by atoms with van der Waals surface area (Å²) in [7, 11) is 0. The number of aromatic nitrogens is 2. The SMILES string of the molecule is O=C(O)COC[C@H]1O[C@@H](n2ccc(=O)[nH]c2=O)[C@H](O)[C@@H]1O. The monoisotopic (exact) mass is 302 g/mol. The van der Waals surface area contributed by atoms with Crippen LogP contribution in [0.3, 0.4) is 0 Å². The molecule has 1 saturated heterocycles. The fourth-order valence-electron chi connectivity index (χ4n) is 1.99. The van der Waals surface area contributed by atoms with Crippen LogP contribution in [0.25, 0.3) is 0 Å². The number of hydrogen-bond acceptors (Lipinski definition) is 7. The van der Waals surface area contributed by atoms with Crippen molar-refractivity contribution in [2.75, 3.05) is 13.2 Å². The summed E-state index contributed by atoms with van der Waals surface area (Å²) >= 11 is 0. The highest BCUT2D eigenvalue weighted by Crippen LogP contribution is 2.28. The van der Waals surface area contributed by atoms with E-state index < -0.39 is 48.4 Å². The summed E-state index contributed by atoms with van der Waals surface area (Å²) in [5, 5.41) is 28.1. The molecule has 10 nitrogen and oxygen atoms in total. The summed E-state index contributed by atoms with van der Waals surface area (Å²) in [4.78, 5) is 34.9. The van der Waals surface area contributed by atoms with Crippen molar-refractivity contribution >= 4 is 5.97 Å². The number of nitrogens with one attached hydrogen (secondary N) is 1. The lowest BCUT2D eigenvalue weighted by atomic mass is 10.1. The molecule has 0 aliphatic carbocycles. The third-order valence-corrected chi connectivity index (χ3v) is 2.97. The number of carboxylic acids is 1. The lowest BCUT2D eigenvalue weighted by Crippen LogP contribution is -2.37. The Morgan fingerprint density at radius 2 is 2.10 bits per heavy atom. The number of hydrogen-bond donors (Lipinski definition) is 4. The van der Waals surface area contributed by atoms with Gasteiger partial charge in [0.15, 0.2) is 6.23 Å². The maximum atomic E-state index is 11.6. The second kappa shape index (κ2) is 6.18. The predicted octanol–water partition coefficient (Wildman–Crippen LogP) is -2.74. The number of carboxylic acid groups (broad SMARTS) is 1. The number of ether oxygens (including phenoxy) is 2. The van der Waals surface area contributed by atoms with Crippen molar-refractivity contribution in [3.63, 3.8) is 0 Å². The molecule has 0 amide bonds. The summed E-state index contributed by atoms with van der Waals surface area (Å²) < 4.78 is 11.0. The maximum absolute atomic E-state index is 11.6. The van der Waals surface area contributed by atoms with Gasteiger partial charge in [0.25, 0.3) is 5.56 Å². The first kappa shape index (κ1) is 15.4. The van der Waals surface area contributed by atoms with E-state index in [4.69, 9.17) is 14.6 Å². The first-order chi connectivity index (χ1) is 9.90. The summed E-state index contributed by atoms with van der Waals surface area (Å²) in [5.74, 6) is -1.18. The van der Waals surface area contributed by atoms with Crippen molar-refractivity contribution in [1.82, 2.24) is 9.55 Å². The molecule has 0 spiro atoms. The Kier molecular flexibility index (Phi) is 4.53. The van der Waals surface area contributed by atoms with Gasteiger partial charge in [0, 0.05) is 12.3 Å². The molecule has 4 N–H and O–H groups in total. The number of aliphatic hydroxyl groups is 2. The number of aliphatic carboxylic acids is 1. The van der Waals surface area contributed by atoms with Crippen LogP contribution >= 0.6 is 0 Å². The van der Waals surface area contributed by atoms with E-state index in [2.05, 4.69) is 0 Å². The molecule has 1 aromatic heterocycles. The molecule has 0 radical (unpaired) electrons. The van der Waals surface area contributed by atoms with Gasteiger partial charge in [0.2, 0.25) is 0 Å². The molecule has 0 aromatic carbocycles. The van der Waals surface area contributed by atoms with Crippen molar-refractivity contribution < 1.29 is 29.6 Å². The second-order valence-corrected chi connectivity index (χ2v) is 4.47. The Bertz CT molecular complexity index is 623. The predicted molar refractivity (Wildman–Crippen MR) is 65.7 cm³/mol. The van der Waals surface area contributed by atoms with E-state index in [0.29, 0.717) is 0 Å². The maximum Gasteiger partial charge on any atom is 0.330 e. The Labute approximate surface area is 117 Å². The van der Waals surface area contributed by atoms with Gasteiger partial charge in [0.05, 0.1) is 6.61 Å². The highest BCUT2D eigenvalue weighted by atomic mass is 16.6. The third-order valence-electron chi connectivity index (χ3n) is 2.97. The van der Waals surface area contributed by atoms with Gasteiger partial charge in [-0.1, -0.05) is 0 Å². The van der Waals surface area contributed by atoms with Gasteiger partial charge in [-0.25, -0.2) is 9.59 Å². The molecule has 4 atom stereocenters. The molecular formula is C11H14N2O8.